The Morgan fingerprint density at radius 2 is 1.92 bits per heavy atom. The van der Waals surface area contributed by atoms with E-state index in [1.54, 1.807) is 11.3 Å². The molecule has 25 heavy (non-hydrogen) atoms. The Kier molecular flexibility index (Phi) is 4.42. The lowest BCUT2D eigenvalue weighted by Crippen LogP contribution is -2.35. The molecule has 0 aliphatic carbocycles. The van der Waals surface area contributed by atoms with E-state index in [0.717, 1.165) is 29.1 Å². The van der Waals surface area contributed by atoms with Crippen molar-refractivity contribution in [3.8, 4) is 11.1 Å². The van der Waals surface area contributed by atoms with E-state index in [1.165, 1.54) is 34.4 Å². The van der Waals surface area contributed by atoms with Crippen molar-refractivity contribution in [3.05, 3.63) is 40.0 Å². The summed E-state index contributed by atoms with van der Waals surface area (Å²) in [6.07, 6.45) is 2.49. The fraction of sp³-hybridized carbons (Fsp3) is 0.400. The second kappa shape index (κ2) is 6.58. The standard InChI is InChI=1S/C20H22ClN3S/c1-12-6-8-15(9-7-12)16-14(3)25-19-17(16)18(22-20(21)23-19)24-10-4-5-13(2)11-24/h6-9,13H,4-5,10-11H2,1-3H3. The van der Waals surface area contributed by atoms with Gasteiger partial charge in [0.2, 0.25) is 5.28 Å². The lowest BCUT2D eigenvalue weighted by molar-refractivity contribution is 0.445. The minimum Gasteiger partial charge on any atom is -0.356 e. The Morgan fingerprint density at radius 3 is 2.64 bits per heavy atom. The summed E-state index contributed by atoms with van der Waals surface area (Å²) in [5, 5.41) is 1.50. The third-order valence-corrected chi connectivity index (χ3v) is 6.15. The van der Waals surface area contributed by atoms with Gasteiger partial charge in [-0.3, -0.25) is 0 Å². The molecular formula is C20H22ClN3S. The summed E-state index contributed by atoms with van der Waals surface area (Å²) in [6.45, 7) is 8.66. The average Bonchev–Trinajstić information content (AvgIpc) is 2.90. The van der Waals surface area contributed by atoms with Crippen LogP contribution in [-0.2, 0) is 0 Å². The minimum atomic E-state index is 0.345. The lowest BCUT2D eigenvalue weighted by Gasteiger charge is -2.32. The highest BCUT2D eigenvalue weighted by Crippen LogP contribution is 2.42. The van der Waals surface area contributed by atoms with Crippen LogP contribution in [0.2, 0.25) is 5.28 Å². The number of benzene rings is 1. The fourth-order valence-electron chi connectivity index (χ4n) is 3.75. The lowest BCUT2D eigenvalue weighted by atomic mass is 9.98. The third-order valence-electron chi connectivity index (χ3n) is 4.98. The number of aromatic nitrogens is 2. The predicted octanol–water partition coefficient (Wildman–Crippen LogP) is 5.86. The summed E-state index contributed by atoms with van der Waals surface area (Å²) < 4.78 is 0. The van der Waals surface area contributed by atoms with Crippen LogP contribution < -0.4 is 4.90 Å². The van der Waals surface area contributed by atoms with Crippen molar-refractivity contribution in [2.45, 2.75) is 33.6 Å². The highest BCUT2D eigenvalue weighted by Gasteiger charge is 2.24. The fourth-order valence-corrected chi connectivity index (χ4v) is 5.00. The zero-order valence-corrected chi connectivity index (χ0v) is 16.4. The molecular weight excluding hydrogens is 350 g/mol. The number of aryl methyl sites for hydroxylation is 2. The molecule has 3 nitrogen and oxygen atoms in total. The molecule has 1 aliphatic rings. The summed E-state index contributed by atoms with van der Waals surface area (Å²) in [7, 11) is 0. The summed E-state index contributed by atoms with van der Waals surface area (Å²) >= 11 is 7.97. The van der Waals surface area contributed by atoms with Crippen LogP contribution in [0.15, 0.2) is 24.3 Å². The van der Waals surface area contributed by atoms with Crippen molar-refractivity contribution >= 4 is 39.0 Å². The molecule has 4 rings (SSSR count). The molecule has 0 saturated carbocycles. The van der Waals surface area contributed by atoms with Gasteiger partial charge in [0.05, 0.1) is 5.39 Å². The molecule has 3 aromatic rings. The second-order valence-electron chi connectivity index (χ2n) is 7.09. The van der Waals surface area contributed by atoms with Crippen molar-refractivity contribution in [2.75, 3.05) is 18.0 Å². The Labute approximate surface area is 157 Å². The van der Waals surface area contributed by atoms with Gasteiger partial charge in [-0.25, -0.2) is 4.98 Å². The molecule has 0 spiro atoms. The minimum absolute atomic E-state index is 0.345. The Morgan fingerprint density at radius 1 is 1.16 bits per heavy atom. The monoisotopic (exact) mass is 371 g/mol. The molecule has 3 heterocycles. The van der Waals surface area contributed by atoms with Gasteiger partial charge in [-0.15, -0.1) is 11.3 Å². The van der Waals surface area contributed by atoms with E-state index < -0.39 is 0 Å². The van der Waals surface area contributed by atoms with Crippen molar-refractivity contribution in [1.29, 1.82) is 0 Å². The van der Waals surface area contributed by atoms with E-state index in [9.17, 15) is 0 Å². The number of hydrogen-bond donors (Lipinski definition) is 0. The molecule has 0 N–H and O–H groups in total. The maximum Gasteiger partial charge on any atom is 0.225 e. The number of hydrogen-bond acceptors (Lipinski definition) is 4. The average molecular weight is 372 g/mol. The van der Waals surface area contributed by atoms with Crippen LogP contribution in [0, 0.1) is 19.8 Å². The van der Waals surface area contributed by atoms with E-state index in [1.807, 2.05) is 0 Å². The normalized spacial score (nSPS) is 18.1. The van der Waals surface area contributed by atoms with Crippen LogP contribution in [0.5, 0.6) is 0 Å². The van der Waals surface area contributed by atoms with Crippen molar-refractivity contribution in [3.63, 3.8) is 0 Å². The summed E-state index contributed by atoms with van der Waals surface area (Å²) in [5.41, 5.74) is 3.75. The zero-order chi connectivity index (χ0) is 17.6. The molecule has 1 saturated heterocycles. The topological polar surface area (TPSA) is 29.0 Å². The molecule has 2 aromatic heterocycles. The molecule has 1 atom stereocenters. The van der Waals surface area contributed by atoms with E-state index in [2.05, 4.69) is 59.9 Å². The number of nitrogens with zero attached hydrogens (tertiary/aromatic N) is 3. The number of rotatable bonds is 2. The molecule has 1 aliphatic heterocycles. The van der Waals surface area contributed by atoms with Crippen molar-refractivity contribution in [1.82, 2.24) is 9.97 Å². The van der Waals surface area contributed by atoms with Crippen LogP contribution in [-0.4, -0.2) is 23.1 Å². The number of anilines is 1. The van der Waals surface area contributed by atoms with E-state index >= 15 is 0 Å². The summed E-state index contributed by atoms with van der Waals surface area (Å²) in [6, 6.07) is 8.72. The van der Waals surface area contributed by atoms with Crippen molar-refractivity contribution in [2.24, 2.45) is 5.92 Å². The first-order valence-electron chi connectivity index (χ1n) is 8.81. The molecule has 1 unspecified atom stereocenters. The molecule has 1 fully saturated rings. The van der Waals surface area contributed by atoms with Gasteiger partial charge in [-0.05, 0) is 49.8 Å². The van der Waals surface area contributed by atoms with Gasteiger partial charge >= 0.3 is 0 Å². The maximum atomic E-state index is 6.27. The largest absolute Gasteiger partial charge is 0.356 e. The van der Waals surface area contributed by atoms with E-state index in [4.69, 9.17) is 11.6 Å². The zero-order valence-electron chi connectivity index (χ0n) is 14.8. The quantitative estimate of drug-likeness (QED) is 0.528. The summed E-state index contributed by atoms with van der Waals surface area (Å²) in [4.78, 5) is 13.8. The Hall–Kier alpha value is -1.65. The first-order valence-corrected chi connectivity index (χ1v) is 10.0. The van der Waals surface area contributed by atoms with Crippen LogP contribution >= 0.6 is 22.9 Å². The predicted molar refractivity (Wildman–Crippen MR) is 108 cm³/mol. The van der Waals surface area contributed by atoms with E-state index in [-0.39, 0.29) is 0 Å². The van der Waals surface area contributed by atoms with Gasteiger partial charge in [0.15, 0.2) is 0 Å². The molecule has 130 valence electrons. The highest BCUT2D eigenvalue weighted by atomic mass is 35.5. The van der Waals surface area contributed by atoms with Crippen LogP contribution in [0.25, 0.3) is 21.3 Å². The molecule has 0 amide bonds. The van der Waals surface area contributed by atoms with Gasteiger partial charge in [-0.1, -0.05) is 36.8 Å². The Balaban J connectivity index is 1.94. The van der Waals surface area contributed by atoms with Crippen LogP contribution in [0.3, 0.4) is 0 Å². The molecule has 0 bridgehead atoms. The van der Waals surface area contributed by atoms with Crippen LogP contribution in [0.4, 0.5) is 5.82 Å². The number of fused-ring (bicyclic) bond motifs is 1. The highest BCUT2D eigenvalue weighted by molar-refractivity contribution is 7.19. The maximum absolute atomic E-state index is 6.27. The first-order chi connectivity index (χ1) is 12.0. The molecule has 1 aromatic carbocycles. The van der Waals surface area contributed by atoms with Gasteiger partial charge in [-0.2, -0.15) is 4.98 Å². The van der Waals surface area contributed by atoms with Crippen molar-refractivity contribution < 1.29 is 0 Å². The van der Waals surface area contributed by atoms with Gasteiger partial charge < -0.3 is 4.90 Å². The molecule has 0 radical (unpaired) electrons. The first kappa shape index (κ1) is 16.8. The smallest absolute Gasteiger partial charge is 0.225 e. The van der Waals surface area contributed by atoms with Gasteiger partial charge in [0.1, 0.15) is 10.6 Å². The number of thiophene rings is 1. The number of piperidine rings is 1. The Bertz CT molecular complexity index is 917. The SMILES string of the molecule is Cc1ccc(-c2c(C)sc3nc(Cl)nc(N4CCCC(C)C4)c23)cc1. The van der Waals surface area contributed by atoms with Crippen LogP contribution in [0.1, 0.15) is 30.2 Å². The number of halogens is 1. The van der Waals surface area contributed by atoms with Gasteiger partial charge in [0, 0.05) is 23.5 Å². The third kappa shape index (κ3) is 3.13. The van der Waals surface area contributed by atoms with Gasteiger partial charge in [0.25, 0.3) is 0 Å². The summed E-state index contributed by atoms with van der Waals surface area (Å²) in [5.74, 6) is 1.68. The molecule has 5 heteroatoms. The van der Waals surface area contributed by atoms with E-state index in [0.29, 0.717) is 11.2 Å². The second-order valence-corrected chi connectivity index (χ2v) is 8.63.